The molecule has 0 bridgehead atoms. The molecular formula is C21H21N3O4. The van der Waals surface area contributed by atoms with Gasteiger partial charge in [0.05, 0.1) is 18.5 Å². The lowest BCUT2D eigenvalue weighted by Gasteiger charge is -2.11. The molecule has 0 radical (unpaired) electrons. The second-order valence-corrected chi connectivity index (χ2v) is 6.40. The number of anilines is 1. The predicted octanol–water partition coefficient (Wildman–Crippen LogP) is 4.02. The summed E-state index contributed by atoms with van der Waals surface area (Å²) in [4.78, 5) is 12.9. The van der Waals surface area contributed by atoms with Crippen LogP contribution in [0.5, 0.6) is 17.2 Å². The molecule has 0 saturated heterocycles. The van der Waals surface area contributed by atoms with Crippen LogP contribution in [0.3, 0.4) is 0 Å². The van der Waals surface area contributed by atoms with Gasteiger partial charge in [0.25, 0.3) is 5.91 Å². The van der Waals surface area contributed by atoms with Crippen molar-refractivity contribution in [3.63, 3.8) is 0 Å². The summed E-state index contributed by atoms with van der Waals surface area (Å²) in [6.45, 7) is 2.24. The standard InChI is InChI=1S/C21H21N3O4/c1-3-6-15-20(19(24-23-15)14-7-4-5-8-16(14)26-2)22-21(25)13-9-10-17-18(11-13)28-12-27-17/h4-5,7-11H,3,6,12H2,1-2H3,(H,22,25)(H,23,24). The lowest BCUT2D eigenvalue weighted by atomic mass is 10.1. The second kappa shape index (κ2) is 7.64. The van der Waals surface area contributed by atoms with Crippen LogP contribution in [0.1, 0.15) is 29.4 Å². The number of H-pyrrole nitrogens is 1. The van der Waals surface area contributed by atoms with E-state index in [9.17, 15) is 4.79 Å². The topological polar surface area (TPSA) is 85.5 Å². The number of ether oxygens (including phenoxy) is 3. The van der Waals surface area contributed by atoms with E-state index in [-0.39, 0.29) is 12.7 Å². The Kier molecular flexibility index (Phi) is 4.89. The van der Waals surface area contributed by atoms with E-state index in [4.69, 9.17) is 14.2 Å². The Morgan fingerprint density at radius 3 is 2.86 bits per heavy atom. The highest BCUT2D eigenvalue weighted by atomic mass is 16.7. The summed E-state index contributed by atoms with van der Waals surface area (Å²) in [5.41, 5.74) is 3.48. The Hall–Kier alpha value is -3.48. The first-order chi connectivity index (χ1) is 13.7. The third kappa shape index (κ3) is 3.26. The molecule has 2 N–H and O–H groups in total. The Balaban J connectivity index is 1.70. The lowest BCUT2D eigenvalue weighted by molar-refractivity contribution is 0.102. The number of nitrogens with one attached hydrogen (secondary N) is 2. The monoisotopic (exact) mass is 379 g/mol. The van der Waals surface area contributed by atoms with E-state index in [1.165, 1.54) is 0 Å². The maximum Gasteiger partial charge on any atom is 0.255 e. The molecule has 2 aromatic carbocycles. The van der Waals surface area contributed by atoms with Crippen molar-refractivity contribution in [2.75, 3.05) is 19.2 Å². The molecule has 7 nitrogen and oxygen atoms in total. The molecule has 0 spiro atoms. The van der Waals surface area contributed by atoms with Crippen LogP contribution in [0.2, 0.25) is 0 Å². The molecule has 3 aromatic rings. The molecule has 144 valence electrons. The van der Waals surface area contributed by atoms with E-state index in [1.54, 1.807) is 25.3 Å². The number of fused-ring (bicyclic) bond motifs is 1. The third-order valence-electron chi connectivity index (χ3n) is 4.58. The molecule has 0 atom stereocenters. The van der Waals surface area contributed by atoms with E-state index < -0.39 is 0 Å². The molecule has 2 heterocycles. The molecule has 7 heteroatoms. The largest absolute Gasteiger partial charge is 0.496 e. The number of methoxy groups -OCH3 is 1. The van der Waals surface area contributed by atoms with Crippen LogP contribution >= 0.6 is 0 Å². The maximum atomic E-state index is 12.9. The Morgan fingerprint density at radius 1 is 1.21 bits per heavy atom. The number of para-hydroxylation sites is 1. The predicted molar refractivity (Wildman–Crippen MR) is 105 cm³/mol. The van der Waals surface area contributed by atoms with Crippen LogP contribution in [-0.4, -0.2) is 30.0 Å². The minimum Gasteiger partial charge on any atom is -0.496 e. The van der Waals surface area contributed by atoms with Gasteiger partial charge in [-0.25, -0.2) is 0 Å². The number of hydrogen-bond donors (Lipinski definition) is 2. The molecule has 0 fully saturated rings. The van der Waals surface area contributed by atoms with Gasteiger partial charge in [-0.3, -0.25) is 9.89 Å². The molecule has 1 aromatic heterocycles. The first-order valence-corrected chi connectivity index (χ1v) is 9.13. The molecule has 1 amide bonds. The molecule has 0 unspecified atom stereocenters. The number of aromatic nitrogens is 2. The van der Waals surface area contributed by atoms with E-state index in [0.29, 0.717) is 34.2 Å². The van der Waals surface area contributed by atoms with E-state index in [1.807, 2.05) is 24.3 Å². The molecular weight excluding hydrogens is 358 g/mol. The van der Waals surface area contributed by atoms with Crippen LogP contribution in [0, 0.1) is 0 Å². The third-order valence-corrected chi connectivity index (χ3v) is 4.58. The zero-order valence-electron chi connectivity index (χ0n) is 15.7. The molecule has 0 saturated carbocycles. The average molecular weight is 379 g/mol. The van der Waals surface area contributed by atoms with Crippen LogP contribution < -0.4 is 19.5 Å². The fraction of sp³-hybridized carbons (Fsp3) is 0.238. The summed E-state index contributed by atoms with van der Waals surface area (Å²) in [5, 5.41) is 10.5. The van der Waals surface area contributed by atoms with Crippen molar-refractivity contribution in [2.45, 2.75) is 19.8 Å². The number of nitrogens with zero attached hydrogens (tertiary/aromatic N) is 1. The van der Waals surface area contributed by atoms with Crippen molar-refractivity contribution in [1.82, 2.24) is 10.2 Å². The maximum absolute atomic E-state index is 12.9. The summed E-state index contributed by atoms with van der Waals surface area (Å²) in [6.07, 6.45) is 1.68. The number of hydrogen-bond acceptors (Lipinski definition) is 5. The van der Waals surface area contributed by atoms with E-state index >= 15 is 0 Å². The van der Waals surface area contributed by atoms with Gasteiger partial charge in [-0.15, -0.1) is 0 Å². The summed E-state index contributed by atoms with van der Waals surface area (Å²) >= 11 is 0. The lowest BCUT2D eigenvalue weighted by Crippen LogP contribution is -2.13. The molecule has 1 aliphatic heterocycles. The van der Waals surface area contributed by atoms with Crippen molar-refractivity contribution >= 4 is 11.6 Å². The van der Waals surface area contributed by atoms with Crippen LogP contribution in [0.4, 0.5) is 5.69 Å². The minimum atomic E-state index is -0.242. The Morgan fingerprint density at radius 2 is 2.04 bits per heavy atom. The number of aromatic amines is 1. The summed E-state index contributed by atoms with van der Waals surface area (Å²) in [5.74, 6) is 1.66. The van der Waals surface area contributed by atoms with E-state index in [0.717, 1.165) is 24.1 Å². The van der Waals surface area contributed by atoms with Crippen LogP contribution in [0.15, 0.2) is 42.5 Å². The fourth-order valence-electron chi connectivity index (χ4n) is 3.20. The van der Waals surface area contributed by atoms with Crippen LogP contribution in [0.25, 0.3) is 11.3 Å². The molecule has 1 aliphatic rings. The van der Waals surface area contributed by atoms with Gasteiger partial charge < -0.3 is 19.5 Å². The van der Waals surface area contributed by atoms with Crippen molar-refractivity contribution < 1.29 is 19.0 Å². The fourth-order valence-corrected chi connectivity index (χ4v) is 3.20. The zero-order chi connectivity index (χ0) is 19.5. The second-order valence-electron chi connectivity index (χ2n) is 6.40. The van der Waals surface area contributed by atoms with Gasteiger partial charge in [0, 0.05) is 11.1 Å². The van der Waals surface area contributed by atoms with Gasteiger partial charge >= 0.3 is 0 Å². The number of amides is 1. The molecule has 4 rings (SSSR count). The van der Waals surface area contributed by atoms with Gasteiger partial charge in [0.1, 0.15) is 11.4 Å². The highest BCUT2D eigenvalue weighted by Crippen LogP contribution is 2.36. The van der Waals surface area contributed by atoms with Crippen molar-refractivity contribution in [3.05, 3.63) is 53.7 Å². The normalized spacial score (nSPS) is 12.1. The van der Waals surface area contributed by atoms with Gasteiger partial charge in [-0.05, 0) is 36.8 Å². The van der Waals surface area contributed by atoms with Gasteiger partial charge in [0.2, 0.25) is 6.79 Å². The summed E-state index contributed by atoms with van der Waals surface area (Å²) < 4.78 is 16.1. The summed E-state index contributed by atoms with van der Waals surface area (Å²) in [6, 6.07) is 12.7. The van der Waals surface area contributed by atoms with Crippen molar-refractivity contribution in [1.29, 1.82) is 0 Å². The number of benzene rings is 2. The Bertz CT molecular complexity index is 1010. The average Bonchev–Trinajstić information content (AvgIpc) is 3.35. The quantitative estimate of drug-likeness (QED) is 0.676. The SMILES string of the molecule is CCCc1[nH]nc(-c2ccccc2OC)c1NC(=O)c1ccc2c(c1)OCO2. The highest BCUT2D eigenvalue weighted by Gasteiger charge is 2.21. The first-order valence-electron chi connectivity index (χ1n) is 9.13. The smallest absolute Gasteiger partial charge is 0.255 e. The number of aryl methyl sites for hydroxylation is 1. The zero-order valence-corrected chi connectivity index (χ0v) is 15.7. The molecule has 28 heavy (non-hydrogen) atoms. The first kappa shape index (κ1) is 17.9. The van der Waals surface area contributed by atoms with Gasteiger partial charge in [0.15, 0.2) is 11.5 Å². The highest BCUT2D eigenvalue weighted by molar-refractivity contribution is 6.07. The van der Waals surface area contributed by atoms with Crippen LogP contribution in [-0.2, 0) is 6.42 Å². The van der Waals surface area contributed by atoms with Gasteiger partial charge in [-0.1, -0.05) is 25.5 Å². The molecule has 0 aliphatic carbocycles. The number of carbonyl (C=O) groups excluding carboxylic acids is 1. The van der Waals surface area contributed by atoms with Crippen molar-refractivity contribution in [3.8, 4) is 28.5 Å². The minimum absolute atomic E-state index is 0.167. The number of rotatable bonds is 6. The Labute approximate surface area is 162 Å². The van der Waals surface area contributed by atoms with Gasteiger partial charge in [-0.2, -0.15) is 5.10 Å². The number of carbonyl (C=O) groups is 1. The van der Waals surface area contributed by atoms with Crippen molar-refractivity contribution in [2.24, 2.45) is 0 Å². The van der Waals surface area contributed by atoms with E-state index in [2.05, 4.69) is 22.4 Å². The summed E-state index contributed by atoms with van der Waals surface area (Å²) in [7, 11) is 1.61.